The molecule has 118 valence electrons. The first-order valence-electron chi connectivity index (χ1n) is 8.29. The van der Waals surface area contributed by atoms with E-state index in [2.05, 4.69) is 31.2 Å². The van der Waals surface area contributed by atoms with E-state index in [4.69, 9.17) is 5.11 Å². The summed E-state index contributed by atoms with van der Waals surface area (Å²) in [6.07, 6.45) is 22.3. The minimum Gasteiger partial charge on any atom is -0.481 e. The number of carboxylic acids is 1. The van der Waals surface area contributed by atoms with Crippen molar-refractivity contribution in [1.29, 1.82) is 0 Å². The summed E-state index contributed by atoms with van der Waals surface area (Å²) < 4.78 is 0. The zero-order valence-corrected chi connectivity index (χ0v) is 18.3. The molecule has 0 rings (SSSR count). The first-order valence-corrected chi connectivity index (χ1v) is 8.29. The molecule has 0 aromatic rings. The summed E-state index contributed by atoms with van der Waals surface area (Å²) in [5.41, 5.74) is 0. The van der Waals surface area contributed by atoms with E-state index in [-0.39, 0.29) is 48.9 Å². The van der Waals surface area contributed by atoms with Crippen molar-refractivity contribution >= 4 is 54.9 Å². The SMILES string of the molecule is CCCCC/C=C\C/C=C\CCCCCCCC(=O)O.[Ba]. The van der Waals surface area contributed by atoms with Gasteiger partial charge in [0.15, 0.2) is 0 Å². The normalized spacial score (nSPS) is 11.1. The summed E-state index contributed by atoms with van der Waals surface area (Å²) in [7, 11) is 0. The zero-order valence-electron chi connectivity index (χ0n) is 13.9. The molecule has 0 heterocycles. The molecule has 0 saturated heterocycles. The van der Waals surface area contributed by atoms with Crippen LogP contribution in [0.2, 0.25) is 0 Å². The number of allylic oxidation sites excluding steroid dienone is 4. The molecule has 0 fully saturated rings. The molecule has 0 aliphatic rings. The van der Waals surface area contributed by atoms with Gasteiger partial charge in [0.25, 0.3) is 0 Å². The molecule has 21 heavy (non-hydrogen) atoms. The fourth-order valence-electron chi connectivity index (χ4n) is 2.09. The molecule has 0 aliphatic carbocycles. The standard InChI is InChI=1S/C18H32O2.Ba/c1-2-3-4-5-6-7-8-9-10-11-12-13-14-15-16-17-18(19)20;/h6-7,9-10H,2-5,8,11-17H2,1H3,(H,19,20);/b7-6-,10-9-;. The maximum absolute atomic E-state index is 10.3. The van der Waals surface area contributed by atoms with Crippen LogP contribution < -0.4 is 0 Å². The molecule has 2 nitrogen and oxygen atoms in total. The van der Waals surface area contributed by atoms with Crippen LogP contribution in [0.25, 0.3) is 0 Å². The van der Waals surface area contributed by atoms with Crippen LogP contribution in [0.4, 0.5) is 0 Å². The van der Waals surface area contributed by atoms with E-state index in [0.29, 0.717) is 6.42 Å². The third-order valence-corrected chi connectivity index (χ3v) is 3.34. The Morgan fingerprint density at radius 1 is 0.810 bits per heavy atom. The van der Waals surface area contributed by atoms with Gasteiger partial charge in [0.1, 0.15) is 0 Å². The Labute approximate surface area is 171 Å². The summed E-state index contributed by atoms with van der Waals surface area (Å²) in [6, 6.07) is 0. The van der Waals surface area contributed by atoms with E-state index in [0.717, 1.165) is 25.7 Å². The van der Waals surface area contributed by atoms with Crippen molar-refractivity contribution in [2.75, 3.05) is 0 Å². The van der Waals surface area contributed by atoms with Gasteiger partial charge in [0, 0.05) is 55.3 Å². The van der Waals surface area contributed by atoms with Crippen LogP contribution in [0.15, 0.2) is 24.3 Å². The van der Waals surface area contributed by atoms with E-state index in [9.17, 15) is 4.79 Å². The number of aliphatic carboxylic acids is 1. The maximum Gasteiger partial charge on any atom is 0.303 e. The third-order valence-electron chi connectivity index (χ3n) is 3.34. The molecule has 0 saturated carbocycles. The average Bonchev–Trinajstić information content (AvgIpc) is 2.43. The van der Waals surface area contributed by atoms with Gasteiger partial charge in [-0.15, -0.1) is 0 Å². The van der Waals surface area contributed by atoms with Gasteiger partial charge in [-0.1, -0.05) is 63.3 Å². The Hall–Kier alpha value is 0.521. The minimum absolute atomic E-state index is 0. The first-order chi connectivity index (χ1) is 9.77. The van der Waals surface area contributed by atoms with Gasteiger partial charge in [-0.05, 0) is 38.5 Å². The Morgan fingerprint density at radius 3 is 1.90 bits per heavy atom. The van der Waals surface area contributed by atoms with E-state index >= 15 is 0 Å². The van der Waals surface area contributed by atoms with Crippen LogP contribution in [-0.4, -0.2) is 60.0 Å². The van der Waals surface area contributed by atoms with Gasteiger partial charge in [-0.3, -0.25) is 4.79 Å². The van der Waals surface area contributed by atoms with Gasteiger partial charge >= 0.3 is 5.97 Å². The number of hydrogen-bond acceptors (Lipinski definition) is 1. The van der Waals surface area contributed by atoms with Crippen molar-refractivity contribution in [3.8, 4) is 0 Å². The second kappa shape index (κ2) is 20.5. The Morgan fingerprint density at radius 2 is 1.33 bits per heavy atom. The van der Waals surface area contributed by atoms with Gasteiger partial charge < -0.3 is 5.11 Å². The molecule has 0 aliphatic heterocycles. The van der Waals surface area contributed by atoms with Crippen molar-refractivity contribution in [1.82, 2.24) is 0 Å². The van der Waals surface area contributed by atoms with E-state index in [1.807, 2.05) is 0 Å². The Balaban J connectivity index is 0. The summed E-state index contributed by atoms with van der Waals surface area (Å²) in [4.78, 5) is 10.3. The Kier molecular flexibility index (Phi) is 23.2. The third kappa shape index (κ3) is 22.9. The predicted molar refractivity (Wildman–Crippen MR) is 92.7 cm³/mol. The van der Waals surface area contributed by atoms with Crippen molar-refractivity contribution in [3.05, 3.63) is 24.3 Å². The topological polar surface area (TPSA) is 37.3 Å². The van der Waals surface area contributed by atoms with Gasteiger partial charge in [-0.25, -0.2) is 0 Å². The van der Waals surface area contributed by atoms with E-state index < -0.39 is 5.97 Å². The smallest absolute Gasteiger partial charge is 0.303 e. The molecular weight excluding hydrogens is 386 g/mol. The van der Waals surface area contributed by atoms with Gasteiger partial charge in [-0.2, -0.15) is 0 Å². The number of carboxylic acid groups (broad SMARTS) is 1. The average molecular weight is 418 g/mol. The fourth-order valence-corrected chi connectivity index (χ4v) is 2.09. The van der Waals surface area contributed by atoms with Crippen LogP contribution in [0.3, 0.4) is 0 Å². The van der Waals surface area contributed by atoms with Crippen LogP contribution in [-0.2, 0) is 4.79 Å². The number of hydrogen-bond donors (Lipinski definition) is 1. The van der Waals surface area contributed by atoms with Crippen LogP contribution in [0, 0.1) is 0 Å². The molecule has 0 amide bonds. The quantitative estimate of drug-likeness (QED) is 0.230. The summed E-state index contributed by atoms with van der Waals surface area (Å²) in [5.74, 6) is -0.671. The molecule has 3 heteroatoms. The minimum atomic E-state index is -0.671. The number of rotatable bonds is 14. The Bertz CT molecular complexity index is 272. The second-order valence-corrected chi connectivity index (χ2v) is 5.37. The predicted octanol–water partition coefficient (Wildman–Crippen LogP) is 5.50. The van der Waals surface area contributed by atoms with Crippen LogP contribution in [0.1, 0.15) is 84.0 Å². The first kappa shape index (κ1) is 23.8. The van der Waals surface area contributed by atoms with Crippen molar-refractivity contribution in [3.63, 3.8) is 0 Å². The van der Waals surface area contributed by atoms with Crippen LogP contribution in [0.5, 0.6) is 0 Å². The largest absolute Gasteiger partial charge is 0.481 e. The zero-order chi connectivity index (χ0) is 14.9. The monoisotopic (exact) mass is 418 g/mol. The van der Waals surface area contributed by atoms with Gasteiger partial charge in [0.2, 0.25) is 0 Å². The van der Waals surface area contributed by atoms with Gasteiger partial charge in [0.05, 0.1) is 0 Å². The molecule has 0 aromatic carbocycles. The molecule has 1 N–H and O–H groups in total. The van der Waals surface area contributed by atoms with Crippen molar-refractivity contribution < 1.29 is 9.90 Å². The maximum atomic E-state index is 10.3. The molecule has 0 spiro atoms. The fraction of sp³-hybridized carbons (Fsp3) is 0.722. The molecule has 0 bridgehead atoms. The van der Waals surface area contributed by atoms with Crippen molar-refractivity contribution in [2.45, 2.75) is 84.0 Å². The summed E-state index contributed by atoms with van der Waals surface area (Å²) in [6.45, 7) is 2.23. The molecule has 0 unspecified atom stereocenters. The van der Waals surface area contributed by atoms with Crippen molar-refractivity contribution in [2.24, 2.45) is 0 Å². The second-order valence-electron chi connectivity index (χ2n) is 5.37. The number of unbranched alkanes of at least 4 members (excludes halogenated alkanes) is 8. The van der Waals surface area contributed by atoms with Crippen LogP contribution >= 0.6 is 0 Å². The molecule has 0 aromatic heterocycles. The van der Waals surface area contributed by atoms with E-state index in [1.165, 1.54) is 44.9 Å². The summed E-state index contributed by atoms with van der Waals surface area (Å²) >= 11 is 0. The van der Waals surface area contributed by atoms with E-state index in [1.54, 1.807) is 0 Å². The molecule has 0 atom stereocenters. The molecular formula is C18H32BaO2. The molecule has 2 radical (unpaired) electrons. The number of carbonyl (C=O) groups is 1. The summed E-state index contributed by atoms with van der Waals surface area (Å²) in [5, 5.41) is 8.50.